The van der Waals surface area contributed by atoms with Crippen molar-refractivity contribution in [2.24, 2.45) is 0 Å². The van der Waals surface area contributed by atoms with Gasteiger partial charge < -0.3 is 5.32 Å². The average molecular weight is 622 g/mol. The van der Waals surface area contributed by atoms with E-state index in [1.807, 2.05) is 30.3 Å². The number of rotatable bonds is 9. The van der Waals surface area contributed by atoms with Crippen LogP contribution in [0, 0.1) is 0 Å². The third-order valence-corrected chi connectivity index (χ3v) is 8.63. The predicted molar refractivity (Wildman–Crippen MR) is 163 cm³/mol. The number of sulfonamides is 1. The first kappa shape index (κ1) is 31.4. The van der Waals surface area contributed by atoms with Gasteiger partial charge in [-0.2, -0.15) is 0 Å². The van der Waals surface area contributed by atoms with Crippen LogP contribution in [0.2, 0.25) is 0 Å². The number of amides is 1. The second kappa shape index (κ2) is 14.5. The van der Waals surface area contributed by atoms with E-state index in [1.165, 1.54) is 49.4 Å². The zero-order chi connectivity index (χ0) is 26.4. The van der Waals surface area contributed by atoms with Gasteiger partial charge in [-0.3, -0.25) is 14.1 Å². The van der Waals surface area contributed by atoms with Gasteiger partial charge in [0.25, 0.3) is 10.0 Å². The zero-order valence-electron chi connectivity index (χ0n) is 21.5. The van der Waals surface area contributed by atoms with Crippen molar-refractivity contribution in [2.45, 2.75) is 48.2 Å². The molecule has 2 aromatic heterocycles. The Morgan fingerprint density at radius 1 is 0.900 bits per heavy atom. The lowest BCUT2D eigenvalue weighted by molar-refractivity contribution is -0.113. The Bertz CT molecular complexity index is 1480. The molecule has 2 aromatic carbocycles. The van der Waals surface area contributed by atoms with E-state index in [4.69, 9.17) is 0 Å². The Morgan fingerprint density at radius 3 is 2.27 bits per heavy atom. The number of hydrogen-bond donors (Lipinski definition) is 2. The van der Waals surface area contributed by atoms with Gasteiger partial charge in [0.2, 0.25) is 5.91 Å². The molecule has 1 aliphatic rings. The van der Waals surface area contributed by atoms with Crippen molar-refractivity contribution in [1.29, 1.82) is 0 Å². The van der Waals surface area contributed by atoms with Crippen LogP contribution in [-0.4, -0.2) is 39.8 Å². The molecule has 40 heavy (non-hydrogen) atoms. The number of nitrogens with one attached hydrogen (secondary N) is 2. The Balaban J connectivity index is 0.00000220. The normalized spacial score (nSPS) is 13.5. The van der Waals surface area contributed by atoms with E-state index in [0.29, 0.717) is 11.7 Å². The van der Waals surface area contributed by atoms with Gasteiger partial charge in [-0.05, 0) is 49.2 Å². The molecule has 0 radical (unpaired) electrons. The highest BCUT2D eigenvalue weighted by atomic mass is 35.5. The molecule has 212 valence electrons. The number of nitrogens with zero attached hydrogens (tertiary/aromatic N) is 4. The van der Waals surface area contributed by atoms with Crippen LogP contribution in [0.15, 0.2) is 89.0 Å². The number of anilines is 2. The smallest absolute Gasteiger partial charge is 0.263 e. The number of carbonyl (C=O) groups is 1. The van der Waals surface area contributed by atoms with E-state index in [0.717, 1.165) is 29.4 Å². The van der Waals surface area contributed by atoms with Crippen LogP contribution in [0.1, 0.15) is 38.1 Å². The third kappa shape index (κ3) is 7.75. The minimum Gasteiger partial charge on any atom is -0.325 e. The molecular formula is C27H30Cl2N6O3S2. The maximum Gasteiger partial charge on any atom is 0.263 e. The fourth-order valence-electron chi connectivity index (χ4n) is 4.49. The molecular weight excluding hydrogens is 591 g/mol. The van der Waals surface area contributed by atoms with Crippen LogP contribution >= 0.6 is 36.6 Å². The summed E-state index contributed by atoms with van der Waals surface area (Å²) < 4.78 is 29.8. The maximum absolute atomic E-state index is 12.7. The van der Waals surface area contributed by atoms with Crippen molar-refractivity contribution in [3.63, 3.8) is 0 Å². The molecule has 0 spiro atoms. The first-order chi connectivity index (χ1) is 18.5. The van der Waals surface area contributed by atoms with E-state index in [-0.39, 0.29) is 47.2 Å². The molecule has 2 heterocycles. The van der Waals surface area contributed by atoms with Crippen molar-refractivity contribution in [3.05, 3.63) is 79.0 Å². The zero-order valence-corrected chi connectivity index (χ0v) is 24.7. The van der Waals surface area contributed by atoms with Gasteiger partial charge in [-0.25, -0.2) is 13.4 Å². The van der Waals surface area contributed by atoms with Crippen LogP contribution in [0.5, 0.6) is 0 Å². The van der Waals surface area contributed by atoms with Gasteiger partial charge in [-0.15, -0.1) is 35.0 Å². The van der Waals surface area contributed by atoms with Crippen LogP contribution in [0.4, 0.5) is 11.5 Å². The number of carbonyl (C=O) groups excluding carboxylic acids is 1. The molecule has 13 heteroatoms. The Kier molecular flexibility index (Phi) is 11.4. The first-order valence-electron chi connectivity index (χ1n) is 12.5. The highest BCUT2D eigenvalue weighted by molar-refractivity contribution is 7.99. The summed E-state index contributed by atoms with van der Waals surface area (Å²) in [7, 11) is -3.79. The quantitative estimate of drug-likeness (QED) is 0.213. The molecule has 0 saturated heterocycles. The summed E-state index contributed by atoms with van der Waals surface area (Å²) >= 11 is 1.36. The van der Waals surface area contributed by atoms with Crippen molar-refractivity contribution in [1.82, 2.24) is 19.7 Å². The molecule has 1 aliphatic carbocycles. The van der Waals surface area contributed by atoms with Crippen LogP contribution in [-0.2, 0) is 14.8 Å². The number of halogens is 2. The lowest BCUT2D eigenvalue weighted by Crippen LogP contribution is -2.17. The molecule has 0 atom stereocenters. The Morgan fingerprint density at radius 2 is 1.60 bits per heavy atom. The van der Waals surface area contributed by atoms with E-state index in [2.05, 4.69) is 29.8 Å². The Hall–Kier alpha value is -3.12. The molecule has 2 N–H and O–H groups in total. The first-order valence-corrected chi connectivity index (χ1v) is 14.9. The SMILES string of the molecule is Cl.Cl.O=C(CSc1nnc(-c2ccccc2)n1C1CCCCC1)Nc1ccc(S(=O)(=O)Nc2ccccn2)cc1. The van der Waals surface area contributed by atoms with E-state index in [9.17, 15) is 13.2 Å². The summed E-state index contributed by atoms with van der Waals surface area (Å²) in [5.41, 5.74) is 1.51. The number of benzene rings is 2. The second-order valence-corrected chi connectivity index (χ2v) is 11.6. The van der Waals surface area contributed by atoms with Gasteiger partial charge in [0.1, 0.15) is 5.82 Å². The summed E-state index contributed by atoms with van der Waals surface area (Å²) in [4.78, 5) is 16.8. The minimum absolute atomic E-state index is 0. The van der Waals surface area contributed by atoms with Gasteiger partial charge in [0.05, 0.1) is 10.6 Å². The van der Waals surface area contributed by atoms with Gasteiger partial charge in [0, 0.05) is 23.5 Å². The fraction of sp³-hybridized carbons (Fsp3) is 0.259. The molecule has 1 fully saturated rings. The van der Waals surface area contributed by atoms with Crippen molar-refractivity contribution in [3.8, 4) is 11.4 Å². The van der Waals surface area contributed by atoms with Crippen LogP contribution in [0.25, 0.3) is 11.4 Å². The number of pyridine rings is 1. The highest BCUT2D eigenvalue weighted by Gasteiger charge is 2.24. The molecule has 0 aliphatic heterocycles. The molecule has 5 rings (SSSR count). The molecule has 0 bridgehead atoms. The van der Waals surface area contributed by atoms with Gasteiger partial charge >= 0.3 is 0 Å². The molecule has 1 saturated carbocycles. The highest BCUT2D eigenvalue weighted by Crippen LogP contribution is 2.35. The number of hydrogen-bond acceptors (Lipinski definition) is 7. The predicted octanol–water partition coefficient (Wildman–Crippen LogP) is 6.22. The molecule has 9 nitrogen and oxygen atoms in total. The van der Waals surface area contributed by atoms with Crippen molar-refractivity contribution >= 4 is 64.0 Å². The summed E-state index contributed by atoms with van der Waals surface area (Å²) in [5, 5.41) is 12.5. The van der Waals surface area contributed by atoms with Gasteiger partial charge in [0.15, 0.2) is 11.0 Å². The number of thioether (sulfide) groups is 1. The largest absolute Gasteiger partial charge is 0.325 e. The second-order valence-electron chi connectivity index (χ2n) is 9.02. The van der Waals surface area contributed by atoms with E-state index in [1.54, 1.807) is 30.3 Å². The average Bonchev–Trinajstić information content (AvgIpc) is 3.37. The summed E-state index contributed by atoms with van der Waals surface area (Å²) in [5.74, 6) is 1.01. The lowest BCUT2D eigenvalue weighted by atomic mass is 9.95. The monoisotopic (exact) mass is 620 g/mol. The summed E-state index contributed by atoms with van der Waals surface area (Å²) in [6.07, 6.45) is 7.23. The van der Waals surface area contributed by atoms with Crippen LogP contribution < -0.4 is 10.0 Å². The minimum atomic E-state index is -3.79. The Labute approximate surface area is 250 Å². The standard InChI is InChI=1S/C27H28N6O3S2.2ClH/c34-25(29-21-14-16-23(17-15-21)38(35,36)32-24-13-7-8-18-28-24)19-37-27-31-30-26(20-9-3-1-4-10-20)33(27)22-11-5-2-6-12-22;;/h1,3-4,7-10,13-18,22H,2,5-6,11-12,19H2,(H,28,32)(H,29,34);2*1H. The topological polar surface area (TPSA) is 119 Å². The van der Waals surface area contributed by atoms with E-state index >= 15 is 0 Å². The van der Waals surface area contributed by atoms with Gasteiger partial charge in [-0.1, -0.05) is 67.4 Å². The maximum atomic E-state index is 12.7. The molecule has 1 amide bonds. The fourth-order valence-corrected chi connectivity index (χ4v) is 6.31. The van der Waals surface area contributed by atoms with Crippen LogP contribution in [0.3, 0.4) is 0 Å². The van der Waals surface area contributed by atoms with Crippen molar-refractivity contribution in [2.75, 3.05) is 15.8 Å². The van der Waals surface area contributed by atoms with E-state index < -0.39 is 10.0 Å². The summed E-state index contributed by atoms with van der Waals surface area (Å²) in [6.45, 7) is 0. The summed E-state index contributed by atoms with van der Waals surface area (Å²) in [6, 6.07) is 21.3. The third-order valence-electron chi connectivity index (χ3n) is 6.32. The van der Waals surface area contributed by atoms with Crippen molar-refractivity contribution < 1.29 is 13.2 Å². The lowest BCUT2D eigenvalue weighted by Gasteiger charge is -2.25. The number of aromatic nitrogens is 4. The molecule has 0 unspecified atom stereocenters. The molecule has 4 aromatic rings.